The first kappa shape index (κ1) is 25.3. The van der Waals surface area contributed by atoms with Crippen molar-refractivity contribution in [1.29, 1.82) is 0 Å². The summed E-state index contributed by atoms with van der Waals surface area (Å²) in [5, 5.41) is 5.97. The van der Waals surface area contributed by atoms with Crippen LogP contribution in [0.4, 0.5) is 0 Å². The van der Waals surface area contributed by atoms with Gasteiger partial charge in [-0.15, -0.1) is 0 Å². The average molecular weight is 573 g/mol. The zero-order chi connectivity index (χ0) is 29.5. The first-order valence-electron chi connectivity index (χ1n) is 15.7. The van der Waals surface area contributed by atoms with Gasteiger partial charge in [0.1, 0.15) is 22.5 Å². The van der Waals surface area contributed by atoms with Gasteiger partial charge in [0.15, 0.2) is 0 Å². The van der Waals surface area contributed by atoms with Crippen LogP contribution in [0.2, 0.25) is 0 Å². The van der Waals surface area contributed by atoms with Gasteiger partial charge in [-0.25, -0.2) is 0 Å². The lowest BCUT2D eigenvalue weighted by Crippen LogP contribution is -2.30. The number of furan rings is 2. The summed E-state index contributed by atoms with van der Waals surface area (Å²) in [7, 11) is 0. The van der Waals surface area contributed by atoms with E-state index in [2.05, 4.69) is 107 Å². The molecule has 2 aliphatic heterocycles. The van der Waals surface area contributed by atoms with E-state index in [4.69, 9.17) is 8.83 Å². The fourth-order valence-corrected chi connectivity index (χ4v) is 7.59. The maximum atomic E-state index is 6.70. The van der Waals surface area contributed by atoms with E-state index in [1.54, 1.807) is 0 Å². The second kappa shape index (κ2) is 9.39. The Balaban J connectivity index is 0.00000133. The largest absolute Gasteiger partial charge is 0.460 e. The van der Waals surface area contributed by atoms with Crippen molar-refractivity contribution in [3.05, 3.63) is 121 Å². The van der Waals surface area contributed by atoms with Crippen LogP contribution >= 0.6 is 0 Å². The van der Waals surface area contributed by atoms with E-state index in [0.717, 1.165) is 63.9 Å². The molecule has 1 unspecified atom stereocenters. The van der Waals surface area contributed by atoms with Gasteiger partial charge in [-0.1, -0.05) is 87.2 Å². The molecule has 0 N–H and O–H groups in total. The molecule has 0 saturated carbocycles. The lowest BCUT2D eigenvalue weighted by atomic mass is 9.96. The van der Waals surface area contributed by atoms with Gasteiger partial charge in [0.05, 0.1) is 22.6 Å². The van der Waals surface area contributed by atoms with Gasteiger partial charge in [-0.2, -0.15) is 0 Å². The lowest BCUT2D eigenvalue weighted by Gasteiger charge is -2.30. The SMILES string of the molecule is C=C1c2c3oc4c(c3cc3c5cccc(-c6ccc7oc8ccccc8c7c6)c5n(c23)CC2C=CC=CN12)C=CCC4.CC. The number of aromatic nitrogens is 1. The molecule has 0 saturated heterocycles. The smallest absolute Gasteiger partial charge is 0.146 e. The molecular formula is C40H32N2O2. The average Bonchev–Trinajstić information content (AvgIpc) is 3.71. The summed E-state index contributed by atoms with van der Waals surface area (Å²) in [5.41, 5.74) is 10.9. The molecule has 4 aromatic carbocycles. The minimum absolute atomic E-state index is 0.154. The van der Waals surface area contributed by atoms with Crippen molar-refractivity contribution < 1.29 is 8.83 Å². The van der Waals surface area contributed by atoms with Crippen LogP contribution in [0.3, 0.4) is 0 Å². The minimum atomic E-state index is 0.154. The summed E-state index contributed by atoms with van der Waals surface area (Å²) in [6.07, 6.45) is 15.1. The van der Waals surface area contributed by atoms with E-state index in [9.17, 15) is 0 Å². The van der Waals surface area contributed by atoms with Gasteiger partial charge in [0.25, 0.3) is 0 Å². The van der Waals surface area contributed by atoms with Crippen molar-refractivity contribution in [3.8, 4) is 11.1 Å². The van der Waals surface area contributed by atoms with Gasteiger partial charge >= 0.3 is 0 Å². The fraction of sp³-hybridized carbons (Fsp3) is 0.150. The summed E-state index contributed by atoms with van der Waals surface area (Å²) in [6.45, 7) is 9.50. The highest BCUT2D eigenvalue weighted by Crippen LogP contribution is 2.47. The molecule has 1 aliphatic carbocycles. The van der Waals surface area contributed by atoms with Gasteiger partial charge in [0, 0.05) is 62.9 Å². The Morgan fingerprint density at radius 3 is 2.59 bits per heavy atom. The number of nitrogens with zero attached hydrogens (tertiary/aromatic N) is 2. The molecule has 4 nitrogen and oxygen atoms in total. The standard InChI is InChI=1S/C38H26N2O2.C2H6/c1-22-35-37-30(20-31-27-11-3-5-15-33(27)42-38(31)35)28-13-8-12-25(36(28)40(37)21-24-9-6-7-18-39(22)24)23-16-17-34-29(19-23)26-10-2-4-14-32(26)41-34;1-2/h2-4,6-14,16-20,24H,1,5,15,21H2;1-2H3. The molecule has 1 atom stereocenters. The Morgan fingerprint density at radius 1 is 0.795 bits per heavy atom. The van der Waals surface area contributed by atoms with Gasteiger partial charge in [-0.3, -0.25) is 0 Å². The number of hydrogen-bond donors (Lipinski definition) is 0. The fourth-order valence-electron chi connectivity index (χ4n) is 7.59. The third-order valence-corrected chi connectivity index (χ3v) is 9.46. The van der Waals surface area contributed by atoms with Gasteiger partial charge < -0.3 is 18.3 Å². The molecule has 0 spiro atoms. The third kappa shape index (κ3) is 3.34. The maximum Gasteiger partial charge on any atom is 0.146 e. The Bertz CT molecular complexity index is 2420. The summed E-state index contributed by atoms with van der Waals surface area (Å²) in [6, 6.07) is 24.2. The number of rotatable bonds is 1. The summed E-state index contributed by atoms with van der Waals surface area (Å²) in [5.74, 6) is 1.08. The van der Waals surface area contributed by atoms with Crippen molar-refractivity contribution in [2.24, 2.45) is 0 Å². The van der Waals surface area contributed by atoms with Crippen molar-refractivity contribution in [2.45, 2.75) is 39.3 Å². The molecule has 5 heterocycles. The molecule has 3 aromatic heterocycles. The molecule has 44 heavy (non-hydrogen) atoms. The second-order valence-corrected chi connectivity index (χ2v) is 11.7. The van der Waals surface area contributed by atoms with E-state index < -0.39 is 0 Å². The Hall–Kier alpha value is -5.22. The maximum absolute atomic E-state index is 6.70. The number of benzene rings is 4. The van der Waals surface area contributed by atoms with Crippen LogP contribution < -0.4 is 0 Å². The van der Waals surface area contributed by atoms with Crippen molar-refractivity contribution in [1.82, 2.24) is 9.47 Å². The van der Waals surface area contributed by atoms with Crippen LogP contribution in [0.5, 0.6) is 0 Å². The van der Waals surface area contributed by atoms with Crippen LogP contribution in [-0.4, -0.2) is 15.5 Å². The molecule has 7 aromatic rings. The number of aryl methyl sites for hydroxylation is 1. The highest BCUT2D eigenvalue weighted by molar-refractivity contribution is 6.20. The van der Waals surface area contributed by atoms with Crippen LogP contribution in [0, 0.1) is 0 Å². The highest BCUT2D eigenvalue weighted by atomic mass is 16.3. The Morgan fingerprint density at radius 2 is 1.66 bits per heavy atom. The first-order valence-corrected chi connectivity index (χ1v) is 15.7. The van der Waals surface area contributed by atoms with Crippen LogP contribution in [0.1, 0.15) is 37.2 Å². The minimum Gasteiger partial charge on any atom is -0.460 e. The quantitative estimate of drug-likeness (QED) is 0.196. The molecule has 214 valence electrons. The van der Waals surface area contributed by atoms with Gasteiger partial charge in [0.2, 0.25) is 0 Å². The van der Waals surface area contributed by atoms with E-state index in [1.165, 1.54) is 43.9 Å². The normalized spacial score (nSPS) is 17.0. The van der Waals surface area contributed by atoms with Crippen LogP contribution in [0.15, 0.2) is 113 Å². The third-order valence-electron chi connectivity index (χ3n) is 9.46. The van der Waals surface area contributed by atoms with Crippen molar-refractivity contribution in [3.63, 3.8) is 0 Å². The van der Waals surface area contributed by atoms with E-state index >= 15 is 0 Å². The van der Waals surface area contributed by atoms with E-state index in [-0.39, 0.29) is 6.04 Å². The molecule has 0 fully saturated rings. The zero-order valence-corrected chi connectivity index (χ0v) is 24.9. The molecule has 0 radical (unpaired) electrons. The second-order valence-electron chi connectivity index (χ2n) is 11.7. The lowest BCUT2D eigenvalue weighted by molar-refractivity contribution is 0.408. The van der Waals surface area contributed by atoms with Crippen LogP contribution in [0.25, 0.3) is 77.6 Å². The number of hydrogen-bond acceptors (Lipinski definition) is 3. The van der Waals surface area contributed by atoms with Crippen molar-refractivity contribution in [2.75, 3.05) is 0 Å². The monoisotopic (exact) mass is 572 g/mol. The highest BCUT2D eigenvalue weighted by Gasteiger charge is 2.32. The Labute approximate surface area is 255 Å². The molecular weight excluding hydrogens is 540 g/mol. The predicted octanol–water partition coefficient (Wildman–Crippen LogP) is 10.8. The van der Waals surface area contributed by atoms with Gasteiger partial charge in [-0.05, 0) is 42.3 Å². The molecule has 0 bridgehead atoms. The molecule has 0 amide bonds. The zero-order valence-electron chi connectivity index (χ0n) is 24.9. The van der Waals surface area contributed by atoms with E-state index in [1.807, 2.05) is 26.0 Å². The number of allylic oxidation sites excluding steroid dienone is 3. The summed E-state index contributed by atoms with van der Waals surface area (Å²) in [4.78, 5) is 2.32. The molecule has 10 rings (SSSR count). The first-order chi connectivity index (χ1) is 21.7. The summed E-state index contributed by atoms with van der Waals surface area (Å²) < 4.78 is 15.4. The number of para-hydroxylation sites is 2. The van der Waals surface area contributed by atoms with E-state index in [0.29, 0.717) is 0 Å². The van der Waals surface area contributed by atoms with Crippen molar-refractivity contribution >= 4 is 66.5 Å². The topological polar surface area (TPSA) is 34.5 Å². The molecule has 3 aliphatic rings. The molecule has 4 heteroatoms. The number of fused-ring (bicyclic) bond motifs is 11. The Kier molecular flexibility index (Phi) is 5.40. The van der Waals surface area contributed by atoms with Crippen LogP contribution in [-0.2, 0) is 13.0 Å². The summed E-state index contributed by atoms with van der Waals surface area (Å²) >= 11 is 0. The predicted molar refractivity (Wildman–Crippen MR) is 184 cm³/mol.